The summed E-state index contributed by atoms with van der Waals surface area (Å²) in [4.78, 5) is 24.0. The molecule has 0 radical (unpaired) electrons. The van der Waals surface area contributed by atoms with Crippen LogP contribution < -0.4 is 10.3 Å². The number of carboxylic acid groups (broad SMARTS) is 1. The Bertz CT molecular complexity index is 1180. The van der Waals surface area contributed by atoms with E-state index in [0.29, 0.717) is 25.5 Å². The van der Waals surface area contributed by atoms with Crippen LogP contribution >= 0.6 is 11.6 Å². The van der Waals surface area contributed by atoms with Crippen LogP contribution in [-0.2, 0) is 26.0 Å². The number of hydrogen-bond donors (Lipinski definition) is 1. The third kappa shape index (κ3) is 5.05. The summed E-state index contributed by atoms with van der Waals surface area (Å²) >= 11 is 6.32. The molecule has 1 aliphatic carbocycles. The topological polar surface area (TPSA) is 68.5 Å². The van der Waals surface area contributed by atoms with Crippen LogP contribution in [0, 0.1) is 0 Å². The molecule has 0 amide bonds. The lowest BCUT2D eigenvalue weighted by Crippen LogP contribution is -2.27. The third-order valence-corrected chi connectivity index (χ3v) is 6.19. The summed E-state index contributed by atoms with van der Waals surface area (Å²) in [6.07, 6.45) is 3.69. The van der Waals surface area contributed by atoms with Crippen LogP contribution in [0.3, 0.4) is 0 Å². The van der Waals surface area contributed by atoms with E-state index >= 15 is 0 Å². The van der Waals surface area contributed by atoms with E-state index in [-0.39, 0.29) is 16.1 Å². The summed E-state index contributed by atoms with van der Waals surface area (Å²) in [5, 5.41) is 9.31. The van der Waals surface area contributed by atoms with E-state index in [2.05, 4.69) is 13.0 Å². The SMILES string of the molecule is CCc1cccc(OCc2c(C3CC3)cc(Cl)c(=O)n2CCc2ccc(C(=O)O)cc2)c1. The van der Waals surface area contributed by atoms with E-state index in [4.69, 9.17) is 21.4 Å². The Hall–Kier alpha value is -3.05. The van der Waals surface area contributed by atoms with E-state index in [9.17, 15) is 9.59 Å². The Kier molecular flexibility index (Phi) is 6.66. The van der Waals surface area contributed by atoms with Crippen molar-refractivity contribution in [1.29, 1.82) is 0 Å². The second kappa shape index (κ2) is 9.61. The van der Waals surface area contributed by atoms with E-state index in [0.717, 1.165) is 41.8 Å². The Labute approximate surface area is 192 Å². The van der Waals surface area contributed by atoms with Crippen molar-refractivity contribution in [2.45, 2.75) is 51.7 Å². The Balaban J connectivity index is 1.61. The van der Waals surface area contributed by atoms with Crippen molar-refractivity contribution >= 4 is 17.6 Å². The number of halogens is 1. The average molecular weight is 452 g/mol. The van der Waals surface area contributed by atoms with Crippen molar-refractivity contribution in [3.05, 3.63) is 97.9 Å². The van der Waals surface area contributed by atoms with Gasteiger partial charge in [-0.2, -0.15) is 0 Å². The number of ether oxygens (including phenoxy) is 1. The number of nitrogens with zero attached hydrogens (tertiary/aromatic N) is 1. The maximum absolute atomic E-state index is 13.0. The van der Waals surface area contributed by atoms with Crippen LogP contribution in [-0.4, -0.2) is 15.6 Å². The number of aromatic nitrogens is 1. The summed E-state index contributed by atoms with van der Waals surface area (Å²) in [7, 11) is 0. The molecule has 1 N–H and O–H groups in total. The molecule has 32 heavy (non-hydrogen) atoms. The normalized spacial score (nSPS) is 13.2. The van der Waals surface area contributed by atoms with Crippen molar-refractivity contribution in [3.8, 4) is 5.75 Å². The zero-order valence-electron chi connectivity index (χ0n) is 18.0. The molecule has 166 valence electrons. The number of rotatable bonds is 9. The number of aromatic carboxylic acids is 1. The molecule has 4 rings (SSSR count). The summed E-state index contributed by atoms with van der Waals surface area (Å²) < 4.78 is 7.84. The highest BCUT2D eigenvalue weighted by Crippen LogP contribution is 2.42. The molecule has 1 aliphatic rings. The van der Waals surface area contributed by atoms with Gasteiger partial charge in [-0.15, -0.1) is 0 Å². The molecule has 0 bridgehead atoms. The van der Waals surface area contributed by atoms with Gasteiger partial charge in [-0.05, 0) is 78.6 Å². The summed E-state index contributed by atoms with van der Waals surface area (Å²) in [5.74, 6) is 0.238. The lowest BCUT2D eigenvalue weighted by Gasteiger charge is -2.19. The first-order chi connectivity index (χ1) is 15.5. The third-order valence-electron chi connectivity index (χ3n) is 5.92. The van der Waals surface area contributed by atoms with Gasteiger partial charge in [0.25, 0.3) is 5.56 Å². The lowest BCUT2D eigenvalue weighted by molar-refractivity contribution is 0.0697. The van der Waals surface area contributed by atoms with Gasteiger partial charge in [0.2, 0.25) is 0 Å². The molecule has 0 aliphatic heterocycles. The predicted octanol–water partition coefficient (Wildman–Crippen LogP) is 5.46. The Morgan fingerprint density at radius 2 is 1.88 bits per heavy atom. The first-order valence-electron chi connectivity index (χ1n) is 10.9. The van der Waals surface area contributed by atoms with Gasteiger partial charge < -0.3 is 14.4 Å². The van der Waals surface area contributed by atoms with Gasteiger partial charge >= 0.3 is 5.97 Å². The van der Waals surface area contributed by atoms with Crippen LogP contribution in [0.5, 0.6) is 5.75 Å². The minimum Gasteiger partial charge on any atom is -0.487 e. The quantitative estimate of drug-likeness (QED) is 0.469. The molecule has 1 fully saturated rings. The number of pyridine rings is 1. The van der Waals surface area contributed by atoms with Crippen molar-refractivity contribution in [3.63, 3.8) is 0 Å². The molecule has 1 saturated carbocycles. The minimum atomic E-state index is -0.955. The van der Waals surface area contributed by atoms with Crippen molar-refractivity contribution < 1.29 is 14.6 Å². The number of carbonyl (C=O) groups is 1. The standard InChI is InChI=1S/C26H26ClNO4/c1-2-17-4-3-5-21(14-17)32-16-24-22(19-10-11-19)15-23(27)25(29)28(24)13-12-18-6-8-20(9-7-18)26(30)31/h3-9,14-15,19H,2,10-13,16H2,1H3,(H,30,31). The fraction of sp³-hybridized carbons (Fsp3) is 0.308. The summed E-state index contributed by atoms with van der Waals surface area (Å²) in [5.41, 5.74) is 4.13. The van der Waals surface area contributed by atoms with Crippen LogP contribution in [0.2, 0.25) is 5.02 Å². The van der Waals surface area contributed by atoms with Gasteiger partial charge in [0, 0.05) is 6.54 Å². The molecule has 0 atom stereocenters. The van der Waals surface area contributed by atoms with Gasteiger partial charge in [-0.3, -0.25) is 4.79 Å². The molecule has 3 aromatic rings. The van der Waals surface area contributed by atoms with Crippen LogP contribution in [0.25, 0.3) is 0 Å². The Morgan fingerprint density at radius 3 is 2.53 bits per heavy atom. The highest BCUT2D eigenvalue weighted by Gasteiger charge is 2.29. The fourth-order valence-corrected chi connectivity index (χ4v) is 4.12. The van der Waals surface area contributed by atoms with Crippen LogP contribution in [0.4, 0.5) is 0 Å². The van der Waals surface area contributed by atoms with Gasteiger partial charge in [0.15, 0.2) is 0 Å². The molecule has 6 heteroatoms. The summed E-state index contributed by atoms with van der Waals surface area (Å²) in [6.45, 7) is 2.84. The molecule has 0 unspecified atom stereocenters. The largest absolute Gasteiger partial charge is 0.487 e. The molecular formula is C26H26ClNO4. The zero-order chi connectivity index (χ0) is 22.7. The van der Waals surface area contributed by atoms with Gasteiger partial charge in [0.1, 0.15) is 17.4 Å². The van der Waals surface area contributed by atoms with Crippen LogP contribution in [0.1, 0.15) is 58.4 Å². The van der Waals surface area contributed by atoms with Gasteiger partial charge in [-0.1, -0.05) is 42.8 Å². The van der Waals surface area contributed by atoms with E-state index in [1.807, 2.05) is 18.2 Å². The predicted molar refractivity (Wildman–Crippen MR) is 125 cm³/mol. The highest BCUT2D eigenvalue weighted by molar-refractivity contribution is 6.30. The number of hydrogen-bond acceptors (Lipinski definition) is 3. The second-order valence-corrected chi connectivity index (χ2v) is 8.57. The highest BCUT2D eigenvalue weighted by atomic mass is 35.5. The van der Waals surface area contributed by atoms with E-state index < -0.39 is 5.97 Å². The molecule has 2 aromatic carbocycles. The molecule has 1 heterocycles. The lowest BCUT2D eigenvalue weighted by atomic mass is 10.1. The molecular weight excluding hydrogens is 426 g/mol. The number of carboxylic acids is 1. The average Bonchev–Trinajstić information content (AvgIpc) is 3.64. The fourth-order valence-electron chi connectivity index (χ4n) is 3.90. The number of aryl methyl sites for hydroxylation is 2. The number of benzene rings is 2. The Morgan fingerprint density at radius 1 is 1.12 bits per heavy atom. The zero-order valence-corrected chi connectivity index (χ0v) is 18.8. The molecule has 0 spiro atoms. The van der Waals surface area contributed by atoms with E-state index in [1.165, 1.54) is 5.56 Å². The first kappa shape index (κ1) is 22.2. The smallest absolute Gasteiger partial charge is 0.335 e. The van der Waals surface area contributed by atoms with Crippen molar-refractivity contribution in [1.82, 2.24) is 4.57 Å². The minimum absolute atomic E-state index is 0.223. The van der Waals surface area contributed by atoms with Crippen molar-refractivity contribution in [2.75, 3.05) is 0 Å². The maximum atomic E-state index is 13.0. The molecule has 0 saturated heterocycles. The molecule has 5 nitrogen and oxygen atoms in total. The monoisotopic (exact) mass is 451 g/mol. The van der Waals surface area contributed by atoms with Crippen LogP contribution in [0.15, 0.2) is 59.4 Å². The van der Waals surface area contributed by atoms with E-state index in [1.54, 1.807) is 34.9 Å². The second-order valence-electron chi connectivity index (χ2n) is 8.17. The molecule has 1 aromatic heterocycles. The van der Waals surface area contributed by atoms with Gasteiger partial charge in [-0.25, -0.2) is 4.79 Å². The van der Waals surface area contributed by atoms with Gasteiger partial charge in [0.05, 0.1) is 11.3 Å². The summed E-state index contributed by atoms with van der Waals surface area (Å²) in [6, 6.07) is 16.5. The first-order valence-corrected chi connectivity index (χ1v) is 11.3. The van der Waals surface area contributed by atoms with Crippen molar-refractivity contribution in [2.24, 2.45) is 0 Å². The maximum Gasteiger partial charge on any atom is 0.335 e.